The maximum atomic E-state index is 4.47. The molecule has 352 valence electrons. The summed E-state index contributed by atoms with van der Waals surface area (Å²) in [5, 5.41) is 35.3. The van der Waals surface area contributed by atoms with Crippen molar-refractivity contribution < 1.29 is 4.42 Å². The van der Waals surface area contributed by atoms with Crippen LogP contribution in [-0.2, 0) is 0 Å². The zero-order valence-electron chi connectivity index (χ0n) is 41.7. The minimum atomic E-state index is 0.369. The molecule has 0 atom stereocenters. The van der Waals surface area contributed by atoms with Gasteiger partial charge in [0.2, 0.25) is 0 Å². The topological polar surface area (TPSA) is 234 Å². The normalized spacial score (nSPS) is 8.94. The number of nitrogens with zero attached hydrogens (tertiary/aromatic N) is 11. The summed E-state index contributed by atoms with van der Waals surface area (Å²) in [5.74, 6) is 6.71. The fourth-order valence-electron chi connectivity index (χ4n) is 1.99. The molecule has 5 N–H and O–H groups in total. The van der Waals surface area contributed by atoms with Gasteiger partial charge in [-0.1, -0.05) is 143 Å². The Balaban J connectivity index is -0.000000192. The molecule has 7 aromatic rings. The van der Waals surface area contributed by atoms with Gasteiger partial charge in [0.05, 0.1) is 24.9 Å². The van der Waals surface area contributed by atoms with Gasteiger partial charge < -0.3 is 9.40 Å². The van der Waals surface area contributed by atoms with E-state index in [1.54, 1.807) is 62.1 Å². The van der Waals surface area contributed by atoms with Crippen LogP contribution in [0.1, 0.15) is 155 Å². The smallest absolute Gasteiger partial charge is 0.180 e. The van der Waals surface area contributed by atoms with Gasteiger partial charge in [-0.3, -0.25) is 15.2 Å². The molecule has 17 nitrogen and oxygen atoms in total. The number of hydrogen-bond donors (Lipinski definition) is 5. The molecule has 7 aromatic heterocycles. The van der Waals surface area contributed by atoms with Crippen molar-refractivity contribution in [2.45, 2.75) is 143 Å². The maximum Gasteiger partial charge on any atom is 0.180 e. The molecule has 7 heterocycles. The van der Waals surface area contributed by atoms with E-state index in [9.17, 15) is 0 Å². The van der Waals surface area contributed by atoms with E-state index in [1.165, 1.54) is 19.0 Å². The minimum absolute atomic E-state index is 0.369. The summed E-state index contributed by atoms with van der Waals surface area (Å²) in [6, 6.07) is 7.55. The Morgan fingerprint density at radius 3 is 1.18 bits per heavy atom. The van der Waals surface area contributed by atoms with Gasteiger partial charge >= 0.3 is 0 Å². The molecule has 0 fully saturated rings. The molecule has 62 heavy (non-hydrogen) atoms. The SMILES string of the molecule is CC(C)C.CC(C)C.CC(C)C.CC(C)C.CC(C)C.CC(C)c1ncn[nH]1.CC(C)c1nn[nH]n1.c1c[nH]cn1.c1ccncc1.c1cn[nH]c1.c1cn[nH]n1.c1cocn1. The van der Waals surface area contributed by atoms with Gasteiger partial charge in [0.15, 0.2) is 12.2 Å². The van der Waals surface area contributed by atoms with E-state index in [-0.39, 0.29) is 0 Å². The first-order valence-electron chi connectivity index (χ1n) is 21.2. The van der Waals surface area contributed by atoms with E-state index in [2.05, 4.69) is 203 Å². The molecule has 0 aliphatic carbocycles. The van der Waals surface area contributed by atoms with E-state index >= 15 is 0 Å². The number of rotatable bonds is 2. The lowest BCUT2D eigenvalue weighted by Crippen LogP contribution is -1.88. The zero-order chi connectivity index (χ0) is 48.2. The number of pyridine rings is 1. The number of aromatic amines is 5. The van der Waals surface area contributed by atoms with Gasteiger partial charge in [-0.25, -0.2) is 15.0 Å². The number of H-pyrrole nitrogens is 5. The van der Waals surface area contributed by atoms with Crippen LogP contribution in [0.2, 0.25) is 0 Å². The highest BCUT2D eigenvalue weighted by Gasteiger charge is 2.00. The molecule has 0 unspecified atom stereocenters. The van der Waals surface area contributed by atoms with Crippen LogP contribution in [0.15, 0.2) is 110 Å². The van der Waals surface area contributed by atoms with E-state index in [1.807, 2.05) is 38.1 Å². The fourth-order valence-corrected chi connectivity index (χ4v) is 1.99. The average Bonchev–Trinajstić information content (AvgIpc) is 4.07. The molecule has 0 amide bonds. The van der Waals surface area contributed by atoms with Crippen molar-refractivity contribution in [3.63, 3.8) is 0 Å². The molecule has 0 spiro atoms. The molecule has 0 saturated heterocycles. The Hall–Kier alpha value is -5.87. The summed E-state index contributed by atoms with van der Waals surface area (Å²) >= 11 is 0. The van der Waals surface area contributed by atoms with Crippen molar-refractivity contribution in [3.8, 4) is 0 Å². The standard InChI is InChI=1S/C5H9N3.C5H5N.C4H8N4.5C4H10.2C3H4N2.C3H3NO.C2H3N3/c1-4(2)5-6-3-7-8-5;1-2-4-6-5-3-1;1-3(2)4-5-7-8-6-4;5*1-4(2)3;1-2-5-3-4-1;1-2-4-5-3-1;1-2-5-3-4-1;1-2-4-5-3-1/h3-4H,1-2H3,(H,6,7,8);1-5H;3H,1-2H3,(H,5,6,7,8);5*4H,1-3H3;2*1-3H,(H,4,5);1-3H;1-2H,(H,3,4,5). The highest BCUT2D eigenvalue weighted by atomic mass is 16.3. The highest BCUT2D eigenvalue weighted by molar-refractivity contribution is 4.88. The summed E-state index contributed by atoms with van der Waals surface area (Å²) in [5.41, 5.74) is 0. The second-order valence-corrected chi connectivity index (χ2v) is 16.5. The molecule has 0 aromatic carbocycles. The third-order valence-corrected chi connectivity index (χ3v) is 3.92. The Morgan fingerprint density at radius 2 is 1.03 bits per heavy atom. The Kier molecular flexibility index (Phi) is 55.9. The predicted molar refractivity (Wildman–Crippen MR) is 256 cm³/mol. The lowest BCUT2D eigenvalue weighted by atomic mass is 10.2. The van der Waals surface area contributed by atoms with Gasteiger partial charge in [0.25, 0.3) is 0 Å². The quantitative estimate of drug-likeness (QED) is 0.109. The molecular weight excluding hydrogens is 781 g/mol. The first kappa shape index (κ1) is 65.3. The Labute approximate surface area is 374 Å². The summed E-state index contributed by atoms with van der Waals surface area (Å²) in [7, 11) is 0. The van der Waals surface area contributed by atoms with Crippen molar-refractivity contribution >= 4 is 0 Å². The number of oxazole rings is 1. The van der Waals surface area contributed by atoms with Crippen molar-refractivity contribution in [1.82, 2.24) is 81.3 Å². The molecule has 7 rings (SSSR count). The maximum absolute atomic E-state index is 4.47. The summed E-state index contributed by atoms with van der Waals surface area (Å²) in [6.07, 6.45) is 21.2. The number of aromatic nitrogens is 16. The first-order chi connectivity index (χ1) is 29.3. The molecule has 17 heteroatoms. The second kappa shape index (κ2) is 53.1. The summed E-state index contributed by atoms with van der Waals surface area (Å²) in [6.45, 7) is 40.7. The Bertz CT molecular complexity index is 1270. The molecule has 0 bridgehead atoms. The van der Waals surface area contributed by atoms with E-state index < -0.39 is 0 Å². The lowest BCUT2D eigenvalue weighted by Gasteiger charge is -1.93. The van der Waals surface area contributed by atoms with E-state index in [0.717, 1.165) is 41.2 Å². The van der Waals surface area contributed by atoms with Crippen LogP contribution in [0.3, 0.4) is 0 Å². The monoisotopic (exact) mass is 867 g/mol. The Morgan fingerprint density at radius 1 is 0.484 bits per heavy atom. The van der Waals surface area contributed by atoms with Crippen LogP contribution >= 0.6 is 0 Å². The van der Waals surface area contributed by atoms with Crippen LogP contribution in [0.4, 0.5) is 0 Å². The van der Waals surface area contributed by atoms with E-state index in [0.29, 0.717) is 11.8 Å². The molecule has 0 aliphatic heterocycles. The number of imidazole rings is 1. The van der Waals surface area contributed by atoms with Gasteiger partial charge in [0.1, 0.15) is 18.4 Å². The van der Waals surface area contributed by atoms with Crippen LogP contribution < -0.4 is 0 Å². The third kappa shape index (κ3) is 86.1. The number of nitrogens with one attached hydrogen (secondary N) is 5. The van der Waals surface area contributed by atoms with Crippen LogP contribution in [0.5, 0.6) is 0 Å². The van der Waals surface area contributed by atoms with Crippen LogP contribution in [0, 0.1) is 29.6 Å². The van der Waals surface area contributed by atoms with Crippen molar-refractivity contribution in [3.05, 3.63) is 117 Å². The first-order valence-corrected chi connectivity index (χ1v) is 21.2. The van der Waals surface area contributed by atoms with Crippen molar-refractivity contribution in [2.24, 2.45) is 29.6 Å². The second-order valence-electron chi connectivity index (χ2n) is 16.5. The summed E-state index contributed by atoms with van der Waals surface area (Å²) in [4.78, 5) is 17.7. The number of hydrogen-bond acceptors (Lipinski definition) is 12. The fraction of sp³-hybridized carbons (Fsp3) is 0.578. The minimum Gasteiger partial charge on any atom is -0.452 e. The van der Waals surface area contributed by atoms with Crippen LogP contribution in [0.25, 0.3) is 0 Å². The third-order valence-electron chi connectivity index (χ3n) is 3.92. The summed E-state index contributed by atoms with van der Waals surface area (Å²) < 4.78 is 4.47. The van der Waals surface area contributed by atoms with E-state index in [4.69, 9.17) is 0 Å². The largest absolute Gasteiger partial charge is 0.452 e. The van der Waals surface area contributed by atoms with Gasteiger partial charge in [0, 0.05) is 49.0 Å². The molecule has 0 saturated carbocycles. The highest BCUT2D eigenvalue weighted by Crippen LogP contribution is 2.04. The van der Waals surface area contributed by atoms with Gasteiger partial charge in [-0.05, 0) is 47.8 Å². The number of tetrazole rings is 1. The molecular formula is C45H86N16O. The predicted octanol–water partition coefficient (Wildman–Crippen LogP) is 11.9. The molecule has 0 radical (unpaired) electrons. The van der Waals surface area contributed by atoms with Crippen molar-refractivity contribution in [2.75, 3.05) is 0 Å². The zero-order valence-corrected chi connectivity index (χ0v) is 41.7. The van der Waals surface area contributed by atoms with Gasteiger partial charge in [-0.2, -0.15) is 30.8 Å². The van der Waals surface area contributed by atoms with Gasteiger partial charge in [-0.15, -0.1) is 10.2 Å². The van der Waals surface area contributed by atoms with Crippen molar-refractivity contribution in [1.29, 1.82) is 0 Å². The van der Waals surface area contributed by atoms with Crippen LogP contribution in [-0.4, -0.2) is 81.3 Å². The average molecular weight is 867 g/mol. The molecule has 0 aliphatic rings. The lowest BCUT2D eigenvalue weighted by molar-refractivity contribution is 0.558.